The SMILES string of the molecule is CC1=NC(=Cc2cc(Oc3ccc(C(F)(F)F)cc3Cl)ccc2[N+](=O)[O-])C(=O)O1. The van der Waals surface area contributed by atoms with Gasteiger partial charge in [-0.05, 0) is 36.4 Å². The monoisotopic (exact) mass is 426 g/mol. The van der Waals surface area contributed by atoms with E-state index in [1.165, 1.54) is 19.1 Å². The maximum absolute atomic E-state index is 12.7. The normalized spacial score (nSPS) is 15.3. The number of nitrogens with zero attached hydrogens (tertiary/aromatic N) is 2. The molecule has 29 heavy (non-hydrogen) atoms. The number of carbonyl (C=O) groups is 1. The molecule has 3 rings (SSSR count). The van der Waals surface area contributed by atoms with E-state index in [2.05, 4.69) is 4.99 Å². The molecule has 0 spiro atoms. The number of esters is 1. The van der Waals surface area contributed by atoms with Gasteiger partial charge in [0.15, 0.2) is 11.6 Å². The molecule has 0 saturated carbocycles. The summed E-state index contributed by atoms with van der Waals surface area (Å²) >= 11 is 5.86. The van der Waals surface area contributed by atoms with Crippen LogP contribution in [0.15, 0.2) is 47.1 Å². The fourth-order valence-electron chi connectivity index (χ4n) is 2.43. The molecule has 0 N–H and O–H groups in total. The van der Waals surface area contributed by atoms with Gasteiger partial charge in [0.1, 0.15) is 11.5 Å². The number of ether oxygens (including phenoxy) is 2. The Labute approximate surface area is 166 Å². The minimum atomic E-state index is -4.57. The zero-order chi connectivity index (χ0) is 21.3. The average molecular weight is 427 g/mol. The number of nitro benzene ring substituents is 1. The third kappa shape index (κ3) is 4.54. The van der Waals surface area contributed by atoms with Crippen LogP contribution in [0.4, 0.5) is 18.9 Å². The number of rotatable bonds is 4. The number of carbonyl (C=O) groups excluding carboxylic acids is 1. The molecule has 2 aromatic carbocycles. The molecule has 1 aliphatic heterocycles. The molecule has 0 radical (unpaired) electrons. The summed E-state index contributed by atoms with van der Waals surface area (Å²) in [6, 6.07) is 6.13. The van der Waals surface area contributed by atoms with E-state index in [0.717, 1.165) is 24.3 Å². The minimum absolute atomic E-state index is 0.0130. The highest BCUT2D eigenvalue weighted by Gasteiger charge is 2.31. The van der Waals surface area contributed by atoms with Crippen molar-refractivity contribution in [3.05, 3.63) is 68.4 Å². The first-order chi connectivity index (χ1) is 13.5. The molecule has 0 unspecified atom stereocenters. The van der Waals surface area contributed by atoms with Gasteiger partial charge in [-0.15, -0.1) is 0 Å². The number of alkyl halides is 3. The Bertz CT molecular complexity index is 1080. The highest BCUT2D eigenvalue weighted by Crippen LogP contribution is 2.37. The summed E-state index contributed by atoms with van der Waals surface area (Å²) in [6.07, 6.45) is -3.42. The van der Waals surface area contributed by atoms with Crippen LogP contribution >= 0.6 is 11.6 Å². The summed E-state index contributed by atoms with van der Waals surface area (Å²) in [5.74, 6) is -0.709. The van der Waals surface area contributed by atoms with Crippen molar-refractivity contribution >= 4 is 35.2 Å². The van der Waals surface area contributed by atoms with Crippen LogP contribution in [0.2, 0.25) is 5.02 Å². The molecule has 0 atom stereocenters. The summed E-state index contributed by atoms with van der Waals surface area (Å²) < 4.78 is 48.4. The number of aliphatic imine (C=N–C) groups is 1. The van der Waals surface area contributed by atoms with Crippen molar-refractivity contribution in [1.82, 2.24) is 0 Å². The number of hydrogen-bond donors (Lipinski definition) is 0. The van der Waals surface area contributed by atoms with Crippen LogP contribution in [0.25, 0.3) is 6.08 Å². The second kappa shape index (κ2) is 7.55. The fraction of sp³-hybridized carbons (Fsp3) is 0.111. The average Bonchev–Trinajstić information content (AvgIpc) is 2.93. The lowest BCUT2D eigenvalue weighted by atomic mass is 10.1. The Morgan fingerprint density at radius 1 is 1.24 bits per heavy atom. The van der Waals surface area contributed by atoms with E-state index in [4.69, 9.17) is 21.1 Å². The molecule has 1 heterocycles. The predicted molar refractivity (Wildman–Crippen MR) is 96.8 cm³/mol. The molecular weight excluding hydrogens is 417 g/mol. The number of benzene rings is 2. The molecule has 1 aliphatic rings. The minimum Gasteiger partial charge on any atom is -0.456 e. The highest BCUT2D eigenvalue weighted by molar-refractivity contribution is 6.32. The number of hydrogen-bond acceptors (Lipinski definition) is 6. The maximum Gasteiger partial charge on any atom is 0.416 e. The summed E-state index contributed by atoms with van der Waals surface area (Å²) in [6.45, 7) is 1.44. The third-order valence-corrected chi connectivity index (χ3v) is 4.00. The Morgan fingerprint density at radius 2 is 1.97 bits per heavy atom. The molecule has 0 bridgehead atoms. The molecule has 2 aromatic rings. The molecular formula is C18H10ClF3N2O5. The first-order valence-corrected chi connectivity index (χ1v) is 8.24. The quantitative estimate of drug-likeness (QED) is 0.283. The van der Waals surface area contributed by atoms with E-state index in [1.807, 2.05) is 0 Å². The van der Waals surface area contributed by atoms with Gasteiger partial charge in [-0.3, -0.25) is 10.1 Å². The number of halogens is 4. The molecule has 150 valence electrons. The fourth-order valence-corrected chi connectivity index (χ4v) is 2.65. The zero-order valence-electron chi connectivity index (χ0n) is 14.5. The van der Waals surface area contributed by atoms with Crippen molar-refractivity contribution in [2.24, 2.45) is 4.99 Å². The van der Waals surface area contributed by atoms with Crippen molar-refractivity contribution in [2.75, 3.05) is 0 Å². The molecule has 11 heteroatoms. The standard InChI is InChI=1S/C18H10ClF3N2O5/c1-9-23-14(17(25)28-9)7-10-6-12(3-4-15(10)24(26)27)29-16-5-2-11(8-13(16)19)18(20,21)22/h2-8H,1H3. The lowest BCUT2D eigenvalue weighted by Gasteiger charge is -2.11. The van der Waals surface area contributed by atoms with E-state index in [0.29, 0.717) is 6.07 Å². The van der Waals surface area contributed by atoms with Crippen LogP contribution < -0.4 is 4.74 Å². The zero-order valence-corrected chi connectivity index (χ0v) is 15.2. The third-order valence-electron chi connectivity index (χ3n) is 3.70. The summed E-state index contributed by atoms with van der Waals surface area (Å²) in [4.78, 5) is 26.1. The van der Waals surface area contributed by atoms with Gasteiger partial charge in [0, 0.05) is 13.0 Å². The first-order valence-electron chi connectivity index (χ1n) is 7.87. The molecule has 7 nitrogen and oxygen atoms in total. The van der Waals surface area contributed by atoms with Crippen LogP contribution in [0.5, 0.6) is 11.5 Å². The van der Waals surface area contributed by atoms with Gasteiger partial charge in [-0.25, -0.2) is 9.79 Å². The number of nitro groups is 1. The van der Waals surface area contributed by atoms with Crippen LogP contribution in [-0.2, 0) is 15.7 Å². The van der Waals surface area contributed by atoms with Crippen molar-refractivity contribution in [3.63, 3.8) is 0 Å². The van der Waals surface area contributed by atoms with Crippen LogP contribution in [-0.4, -0.2) is 16.8 Å². The highest BCUT2D eigenvalue weighted by atomic mass is 35.5. The second-order valence-electron chi connectivity index (χ2n) is 5.77. The lowest BCUT2D eigenvalue weighted by molar-refractivity contribution is -0.385. The summed E-state index contributed by atoms with van der Waals surface area (Å²) in [5, 5.41) is 11.0. The topological polar surface area (TPSA) is 91.0 Å². The molecule has 0 fully saturated rings. The van der Waals surface area contributed by atoms with E-state index >= 15 is 0 Å². The Kier molecular flexibility index (Phi) is 5.29. The largest absolute Gasteiger partial charge is 0.456 e. The van der Waals surface area contributed by atoms with Crippen LogP contribution in [0.1, 0.15) is 18.1 Å². The Hall–Kier alpha value is -3.40. The Balaban J connectivity index is 1.97. The van der Waals surface area contributed by atoms with Crippen molar-refractivity contribution in [1.29, 1.82) is 0 Å². The van der Waals surface area contributed by atoms with Gasteiger partial charge in [-0.2, -0.15) is 13.2 Å². The van der Waals surface area contributed by atoms with Gasteiger partial charge in [-0.1, -0.05) is 11.6 Å². The van der Waals surface area contributed by atoms with Crippen LogP contribution in [0, 0.1) is 10.1 Å². The first kappa shape index (κ1) is 20.3. The van der Waals surface area contributed by atoms with Gasteiger partial charge >= 0.3 is 12.1 Å². The molecule has 0 saturated heterocycles. The maximum atomic E-state index is 12.7. The van der Waals surface area contributed by atoms with E-state index in [9.17, 15) is 28.1 Å². The molecule has 0 aliphatic carbocycles. The Morgan fingerprint density at radius 3 is 2.52 bits per heavy atom. The van der Waals surface area contributed by atoms with Crippen molar-refractivity contribution in [2.45, 2.75) is 13.1 Å². The second-order valence-corrected chi connectivity index (χ2v) is 6.18. The lowest BCUT2D eigenvalue weighted by Crippen LogP contribution is -2.04. The van der Waals surface area contributed by atoms with E-state index in [1.54, 1.807) is 0 Å². The van der Waals surface area contributed by atoms with E-state index in [-0.39, 0.29) is 39.4 Å². The summed E-state index contributed by atoms with van der Waals surface area (Å²) in [7, 11) is 0. The summed E-state index contributed by atoms with van der Waals surface area (Å²) in [5.41, 5.74) is -1.44. The van der Waals surface area contributed by atoms with E-state index < -0.39 is 22.6 Å². The van der Waals surface area contributed by atoms with Crippen LogP contribution in [0.3, 0.4) is 0 Å². The van der Waals surface area contributed by atoms with Crippen molar-refractivity contribution < 1.29 is 32.4 Å². The van der Waals surface area contributed by atoms with Gasteiger partial charge in [0.05, 0.1) is 21.1 Å². The van der Waals surface area contributed by atoms with Gasteiger partial charge < -0.3 is 9.47 Å². The smallest absolute Gasteiger partial charge is 0.416 e. The number of cyclic esters (lactones) is 1. The predicted octanol–water partition coefficient (Wildman–Crippen LogP) is 5.38. The van der Waals surface area contributed by atoms with Gasteiger partial charge in [0.25, 0.3) is 5.69 Å². The van der Waals surface area contributed by atoms with Crippen molar-refractivity contribution in [3.8, 4) is 11.5 Å². The molecule has 0 amide bonds. The van der Waals surface area contributed by atoms with Gasteiger partial charge in [0.2, 0.25) is 0 Å². The molecule has 0 aromatic heterocycles.